The van der Waals surface area contributed by atoms with Gasteiger partial charge in [0.1, 0.15) is 18.1 Å². The summed E-state index contributed by atoms with van der Waals surface area (Å²) in [7, 11) is 0. The molecule has 1 aliphatic rings. The largest absolute Gasteiger partial charge is 0.489 e. The second-order valence-electron chi connectivity index (χ2n) is 5.77. The van der Waals surface area contributed by atoms with Gasteiger partial charge in [-0.1, -0.05) is 11.2 Å². The summed E-state index contributed by atoms with van der Waals surface area (Å²) in [6.45, 7) is 4.90. The van der Waals surface area contributed by atoms with Crippen LogP contribution in [-0.2, 0) is 6.61 Å². The molecule has 1 N–H and O–H groups in total. The molecule has 0 bridgehead atoms. The second-order valence-corrected chi connectivity index (χ2v) is 5.77. The van der Waals surface area contributed by atoms with Crippen LogP contribution in [0, 0.1) is 19.8 Å². The lowest BCUT2D eigenvalue weighted by Gasteiger charge is -2.08. The van der Waals surface area contributed by atoms with Crippen molar-refractivity contribution in [2.24, 2.45) is 5.92 Å². The maximum atomic E-state index is 12.1. The van der Waals surface area contributed by atoms with Crippen LogP contribution in [0.4, 0.5) is 0 Å². The number of aromatic nitrogens is 1. The number of benzene rings is 1. The molecule has 1 aromatic carbocycles. The zero-order valence-electron chi connectivity index (χ0n) is 12.9. The van der Waals surface area contributed by atoms with Crippen LogP contribution in [0.2, 0.25) is 0 Å². The van der Waals surface area contributed by atoms with Crippen LogP contribution < -0.4 is 10.1 Å². The number of nitrogens with zero attached hydrogens (tertiary/aromatic N) is 1. The second kappa shape index (κ2) is 6.22. The van der Waals surface area contributed by atoms with Gasteiger partial charge in [-0.2, -0.15) is 0 Å². The zero-order valence-corrected chi connectivity index (χ0v) is 12.9. The molecule has 5 heteroatoms. The molecule has 0 aliphatic heterocycles. The number of nitrogens with one attached hydrogen (secondary N) is 1. The Morgan fingerprint density at radius 1 is 1.41 bits per heavy atom. The summed E-state index contributed by atoms with van der Waals surface area (Å²) < 4.78 is 10.9. The van der Waals surface area contributed by atoms with Gasteiger partial charge < -0.3 is 14.6 Å². The number of hydrogen-bond acceptors (Lipinski definition) is 4. The van der Waals surface area contributed by atoms with Gasteiger partial charge in [-0.3, -0.25) is 4.79 Å². The van der Waals surface area contributed by atoms with Crippen LogP contribution in [0.25, 0.3) is 0 Å². The predicted molar refractivity (Wildman–Crippen MR) is 81.8 cm³/mol. The minimum Gasteiger partial charge on any atom is -0.489 e. The van der Waals surface area contributed by atoms with Gasteiger partial charge in [-0.05, 0) is 50.8 Å². The van der Waals surface area contributed by atoms with Gasteiger partial charge in [0.05, 0.1) is 11.3 Å². The molecule has 1 aromatic heterocycles. The molecule has 1 fully saturated rings. The van der Waals surface area contributed by atoms with Crippen molar-refractivity contribution in [3.63, 3.8) is 0 Å². The van der Waals surface area contributed by atoms with Gasteiger partial charge in [-0.25, -0.2) is 0 Å². The van der Waals surface area contributed by atoms with Crippen LogP contribution in [-0.4, -0.2) is 17.6 Å². The molecule has 0 radical (unpaired) electrons. The number of aryl methyl sites for hydroxylation is 2. The topological polar surface area (TPSA) is 64.4 Å². The van der Waals surface area contributed by atoms with Crippen LogP contribution in [0.1, 0.15) is 40.2 Å². The fraction of sp³-hybridized carbons (Fsp3) is 0.412. The average molecular weight is 300 g/mol. The first-order valence-electron chi connectivity index (χ1n) is 7.56. The quantitative estimate of drug-likeness (QED) is 0.890. The van der Waals surface area contributed by atoms with E-state index in [1.807, 2.05) is 26.0 Å². The molecule has 0 spiro atoms. The number of carbonyl (C=O) groups is 1. The predicted octanol–water partition coefficient (Wildman–Crippen LogP) is 3.01. The van der Waals surface area contributed by atoms with E-state index in [0.717, 1.165) is 23.6 Å². The van der Waals surface area contributed by atoms with E-state index < -0.39 is 0 Å². The van der Waals surface area contributed by atoms with Crippen molar-refractivity contribution in [3.8, 4) is 5.75 Å². The summed E-state index contributed by atoms with van der Waals surface area (Å²) in [6.07, 6.45) is 2.45. The first-order chi connectivity index (χ1) is 10.6. The van der Waals surface area contributed by atoms with Gasteiger partial charge in [0.15, 0.2) is 0 Å². The highest BCUT2D eigenvalue weighted by Crippen LogP contribution is 2.27. The van der Waals surface area contributed by atoms with Gasteiger partial charge in [0, 0.05) is 12.1 Å². The van der Waals surface area contributed by atoms with E-state index >= 15 is 0 Å². The molecule has 3 rings (SSSR count). The lowest BCUT2D eigenvalue weighted by molar-refractivity contribution is 0.0951. The van der Waals surface area contributed by atoms with E-state index in [1.54, 1.807) is 12.1 Å². The Hall–Kier alpha value is -2.30. The highest BCUT2D eigenvalue weighted by atomic mass is 16.5. The molecule has 1 saturated carbocycles. The minimum absolute atomic E-state index is 0.0466. The summed E-state index contributed by atoms with van der Waals surface area (Å²) in [5, 5.41) is 6.86. The first-order valence-corrected chi connectivity index (χ1v) is 7.56. The van der Waals surface area contributed by atoms with Crippen molar-refractivity contribution in [1.29, 1.82) is 0 Å². The normalized spacial score (nSPS) is 13.9. The van der Waals surface area contributed by atoms with E-state index in [2.05, 4.69) is 10.5 Å². The molecule has 5 nitrogen and oxygen atoms in total. The smallest absolute Gasteiger partial charge is 0.251 e. The number of rotatable bonds is 6. The van der Waals surface area contributed by atoms with E-state index in [-0.39, 0.29) is 5.91 Å². The van der Waals surface area contributed by atoms with Crippen molar-refractivity contribution in [2.75, 3.05) is 6.54 Å². The molecule has 0 atom stereocenters. The van der Waals surface area contributed by atoms with E-state index in [4.69, 9.17) is 9.26 Å². The van der Waals surface area contributed by atoms with E-state index in [1.165, 1.54) is 12.8 Å². The van der Waals surface area contributed by atoms with Crippen LogP contribution in [0.3, 0.4) is 0 Å². The summed E-state index contributed by atoms with van der Waals surface area (Å²) in [4.78, 5) is 12.1. The van der Waals surface area contributed by atoms with Crippen LogP contribution in [0.5, 0.6) is 5.75 Å². The summed E-state index contributed by atoms with van der Waals surface area (Å²) >= 11 is 0. The Labute approximate surface area is 129 Å². The van der Waals surface area contributed by atoms with Gasteiger partial charge in [0.2, 0.25) is 0 Å². The van der Waals surface area contributed by atoms with Gasteiger partial charge in [0.25, 0.3) is 5.91 Å². The monoisotopic (exact) mass is 300 g/mol. The SMILES string of the molecule is Cc1noc(C)c1COc1cccc(C(=O)NCC2CC2)c1. The first kappa shape index (κ1) is 14.6. The van der Waals surface area contributed by atoms with Crippen molar-refractivity contribution < 1.29 is 14.1 Å². The van der Waals surface area contributed by atoms with E-state index in [9.17, 15) is 4.79 Å². The fourth-order valence-corrected chi connectivity index (χ4v) is 2.25. The molecular formula is C17H20N2O3. The van der Waals surface area contributed by atoms with Crippen LogP contribution in [0.15, 0.2) is 28.8 Å². The van der Waals surface area contributed by atoms with Gasteiger partial charge in [-0.15, -0.1) is 0 Å². The molecule has 0 unspecified atom stereocenters. The third-order valence-corrected chi connectivity index (χ3v) is 3.91. The van der Waals surface area contributed by atoms with Crippen molar-refractivity contribution in [2.45, 2.75) is 33.3 Å². The Morgan fingerprint density at radius 3 is 2.91 bits per heavy atom. The minimum atomic E-state index is -0.0466. The highest BCUT2D eigenvalue weighted by Gasteiger charge is 2.21. The Balaban J connectivity index is 1.61. The summed E-state index contributed by atoms with van der Waals surface area (Å²) in [5.41, 5.74) is 2.40. The molecule has 22 heavy (non-hydrogen) atoms. The Bertz CT molecular complexity index is 655. The Morgan fingerprint density at radius 2 is 2.23 bits per heavy atom. The number of hydrogen-bond donors (Lipinski definition) is 1. The lowest BCUT2D eigenvalue weighted by Crippen LogP contribution is -2.25. The van der Waals surface area contributed by atoms with Crippen molar-refractivity contribution in [3.05, 3.63) is 46.8 Å². The van der Waals surface area contributed by atoms with Crippen LogP contribution >= 0.6 is 0 Å². The molecule has 0 saturated heterocycles. The highest BCUT2D eigenvalue weighted by molar-refractivity contribution is 5.94. The van der Waals surface area contributed by atoms with E-state index in [0.29, 0.717) is 23.8 Å². The molecule has 116 valence electrons. The molecule has 2 aromatic rings. The number of ether oxygens (including phenoxy) is 1. The molecule has 1 amide bonds. The maximum absolute atomic E-state index is 12.1. The fourth-order valence-electron chi connectivity index (χ4n) is 2.25. The van der Waals surface area contributed by atoms with Crippen molar-refractivity contribution >= 4 is 5.91 Å². The maximum Gasteiger partial charge on any atom is 0.251 e. The third kappa shape index (κ3) is 3.47. The number of amides is 1. The van der Waals surface area contributed by atoms with Crippen molar-refractivity contribution in [1.82, 2.24) is 10.5 Å². The van der Waals surface area contributed by atoms with Gasteiger partial charge >= 0.3 is 0 Å². The molecule has 1 aliphatic carbocycles. The number of carbonyl (C=O) groups excluding carboxylic acids is 1. The molecule has 1 heterocycles. The Kier molecular flexibility index (Phi) is 4.13. The zero-order chi connectivity index (χ0) is 15.5. The summed E-state index contributed by atoms with van der Waals surface area (Å²) in [5.74, 6) is 2.05. The lowest BCUT2D eigenvalue weighted by atomic mass is 10.2. The summed E-state index contributed by atoms with van der Waals surface area (Å²) in [6, 6.07) is 7.23. The standard InChI is InChI=1S/C17H20N2O3/c1-11-16(12(2)22-19-11)10-21-15-5-3-4-14(8-15)17(20)18-9-13-6-7-13/h3-5,8,13H,6-7,9-10H2,1-2H3,(H,18,20). The third-order valence-electron chi connectivity index (χ3n) is 3.91. The average Bonchev–Trinajstić information content (AvgIpc) is 3.30. The molecular weight excluding hydrogens is 280 g/mol.